The second kappa shape index (κ2) is 7.31. The predicted octanol–water partition coefficient (Wildman–Crippen LogP) is 2.48. The molecule has 0 radical (unpaired) electrons. The largest absolute Gasteiger partial charge is 0.333 e. The number of hydrazine groups is 1. The number of hydrogen-bond donors (Lipinski definition) is 3. The normalized spacial score (nSPS) is 9.76. The summed E-state index contributed by atoms with van der Waals surface area (Å²) in [5.74, 6) is -0.378. The molecule has 0 aromatic heterocycles. The zero-order valence-electron chi connectivity index (χ0n) is 11.1. The van der Waals surface area contributed by atoms with E-state index >= 15 is 0 Å². The van der Waals surface area contributed by atoms with Crippen LogP contribution in [-0.2, 0) is 6.54 Å². The summed E-state index contributed by atoms with van der Waals surface area (Å²) in [7, 11) is 0. The highest BCUT2D eigenvalue weighted by molar-refractivity contribution is 6.30. The fraction of sp³-hybridized carbons (Fsp3) is 0.0667. The Hall–Kier alpha value is -2.53. The van der Waals surface area contributed by atoms with Gasteiger partial charge in [0.05, 0.1) is 0 Å². The number of nitrogens with one attached hydrogen (secondary N) is 3. The molecule has 0 bridgehead atoms. The van der Waals surface area contributed by atoms with Gasteiger partial charge in [0, 0.05) is 17.1 Å². The van der Waals surface area contributed by atoms with E-state index < -0.39 is 6.03 Å². The van der Waals surface area contributed by atoms with Gasteiger partial charge in [0.25, 0.3) is 5.91 Å². The molecule has 5 nitrogen and oxygen atoms in total. The van der Waals surface area contributed by atoms with Crippen LogP contribution in [0.4, 0.5) is 4.79 Å². The highest BCUT2D eigenvalue weighted by Crippen LogP contribution is 2.08. The number of hydrogen-bond acceptors (Lipinski definition) is 2. The molecule has 6 heteroatoms. The van der Waals surface area contributed by atoms with Gasteiger partial charge in [-0.2, -0.15) is 0 Å². The summed E-state index contributed by atoms with van der Waals surface area (Å²) in [6.07, 6.45) is 0. The fourth-order valence-electron chi connectivity index (χ4n) is 1.60. The van der Waals surface area contributed by atoms with Crippen LogP contribution in [0.1, 0.15) is 15.9 Å². The average molecular weight is 304 g/mol. The Labute approximate surface area is 127 Å². The van der Waals surface area contributed by atoms with Crippen LogP contribution in [0.5, 0.6) is 0 Å². The van der Waals surface area contributed by atoms with Gasteiger partial charge in [-0.1, -0.05) is 41.9 Å². The van der Waals surface area contributed by atoms with E-state index in [1.165, 1.54) is 0 Å². The maximum Gasteiger partial charge on any atom is 0.333 e. The lowest BCUT2D eigenvalue weighted by Crippen LogP contribution is -2.46. The van der Waals surface area contributed by atoms with Gasteiger partial charge in [0.15, 0.2) is 0 Å². The summed E-state index contributed by atoms with van der Waals surface area (Å²) in [5, 5.41) is 3.25. The number of carbonyl (C=O) groups excluding carboxylic acids is 2. The van der Waals surface area contributed by atoms with Crippen LogP contribution >= 0.6 is 11.6 Å². The van der Waals surface area contributed by atoms with Crippen molar-refractivity contribution in [2.45, 2.75) is 6.54 Å². The molecule has 0 fully saturated rings. The van der Waals surface area contributed by atoms with Crippen molar-refractivity contribution in [2.24, 2.45) is 0 Å². The summed E-state index contributed by atoms with van der Waals surface area (Å²) in [5.41, 5.74) is 5.98. The van der Waals surface area contributed by atoms with Gasteiger partial charge in [-0.05, 0) is 29.8 Å². The average Bonchev–Trinajstić information content (AvgIpc) is 2.53. The molecule has 0 aliphatic heterocycles. The van der Waals surface area contributed by atoms with E-state index in [0.717, 1.165) is 5.56 Å². The summed E-state index contributed by atoms with van der Waals surface area (Å²) < 4.78 is 0. The predicted molar refractivity (Wildman–Crippen MR) is 80.7 cm³/mol. The number of halogens is 1. The molecule has 0 aliphatic rings. The number of amides is 3. The first-order valence-electron chi connectivity index (χ1n) is 6.29. The second-order valence-electron chi connectivity index (χ2n) is 4.25. The van der Waals surface area contributed by atoms with E-state index in [4.69, 9.17) is 11.6 Å². The summed E-state index contributed by atoms with van der Waals surface area (Å²) in [6.45, 7) is 0.338. The van der Waals surface area contributed by atoms with Crippen LogP contribution in [0.2, 0.25) is 5.02 Å². The molecular formula is C15H14ClN3O2. The SMILES string of the molecule is O=C(NCc1ccc(Cl)cc1)NNC(=O)c1ccccc1. The van der Waals surface area contributed by atoms with Gasteiger partial charge in [0.1, 0.15) is 0 Å². The van der Waals surface area contributed by atoms with Gasteiger partial charge in [0.2, 0.25) is 0 Å². The molecule has 108 valence electrons. The third-order valence-electron chi connectivity index (χ3n) is 2.69. The standard InChI is InChI=1S/C15H14ClN3O2/c16-13-8-6-11(7-9-13)10-17-15(21)19-18-14(20)12-4-2-1-3-5-12/h1-9H,10H2,(H,18,20)(H2,17,19,21). The Morgan fingerprint density at radius 1 is 0.905 bits per heavy atom. The van der Waals surface area contributed by atoms with Crippen LogP contribution < -0.4 is 16.2 Å². The van der Waals surface area contributed by atoms with E-state index in [1.54, 1.807) is 36.4 Å². The Morgan fingerprint density at radius 3 is 2.24 bits per heavy atom. The molecule has 0 heterocycles. The quantitative estimate of drug-likeness (QED) is 0.762. The van der Waals surface area contributed by atoms with Crippen molar-refractivity contribution in [2.75, 3.05) is 0 Å². The summed E-state index contributed by atoms with van der Waals surface area (Å²) >= 11 is 5.77. The minimum absolute atomic E-state index is 0.338. The van der Waals surface area contributed by atoms with Crippen LogP contribution in [0.15, 0.2) is 54.6 Å². The van der Waals surface area contributed by atoms with Crippen LogP contribution in [0.3, 0.4) is 0 Å². The number of carbonyl (C=O) groups is 2. The minimum atomic E-state index is -0.491. The van der Waals surface area contributed by atoms with Gasteiger partial charge in [-0.15, -0.1) is 0 Å². The Morgan fingerprint density at radius 2 is 1.57 bits per heavy atom. The van der Waals surface area contributed by atoms with E-state index in [-0.39, 0.29) is 5.91 Å². The van der Waals surface area contributed by atoms with Gasteiger partial charge < -0.3 is 5.32 Å². The maximum atomic E-state index is 11.7. The number of benzene rings is 2. The van der Waals surface area contributed by atoms with Crippen LogP contribution in [0.25, 0.3) is 0 Å². The molecule has 0 spiro atoms. The molecule has 2 aromatic rings. The zero-order valence-corrected chi connectivity index (χ0v) is 11.9. The van der Waals surface area contributed by atoms with E-state index in [0.29, 0.717) is 17.1 Å². The number of rotatable bonds is 3. The molecule has 0 saturated carbocycles. The van der Waals surface area contributed by atoms with Crippen molar-refractivity contribution in [3.05, 3.63) is 70.7 Å². The molecule has 0 unspecified atom stereocenters. The van der Waals surface area contributed by atoms with Crippen molar-refractivity contribution in [3.63, 3.8) is 0 Å². The lowest BCUT2D eigenvalue weighted by atomic mass is 10.2. The van der Waals surface area contributed by atoms with E-state index in [2.05, 4.69) is 16.2 Å². The van der Waals surface area contributed by atoms with E-state index in [1.807, 2.05) is 18.2 Å². The zero-order chi connectivity index (χ0) is 15.1. The highest BCUT2D eigenvalue weighted by atomic mass is 35.5. The molecule has 3 N–H and O–H groups in total. The van der Waals surface area contributed by atoms with E-state index in [9.17, 15) is 9.59 Å². The smallest absolute Gasteiger partial charge is 0.333 e. The Balaban J connectivity index is 1.75. The van der Waals surface area contributed by atoms with Crippen molar-refractivity contribution in [1.29, 1.82) is 0 Å². The summed E-state index contributed by atoms with van der Waals surface area (Å²) in [4.78, 5) is 23.2. The summed E-state index contributed by atoms with van der Waals surface area (Å²) in [6, 6.07) is 15.2. The fourth-order valence-corrected chi connectivity index (χ4v) is 1.73. The maximum absolute atomic E-state index is 11.7. The second-order valence-corrected chi connectivity index (χ2v) is 4.69. The molecule has 2 rings (SSSR count). The topological polar surface area (TPSA) is 70.2 Å². The molecule has 0 saturated heterocycles. The monoisotopic (exact) mass is 303 g/mol. The Kier molecular flexibility index (Phi) is 5.17. The molecule has 21 heavy (non-hydrogen) atoms. The molecule has 3 amide bonds. The van der Waals surface area contributed by atoms with Gasteiger partial charge >= 0.3 is 6.03 Å². The van der Waals surface area contributed by atoms with Gasteiger partial charge in [-0.3, -0.25) is 10.2 Å². The van der Waals surface area contributed by atoms with Gasteiger partial charge in [-0.25, -0.2) is 10.2 Å². The third-order valence-corrected chi connectivity index (χ3v) is 2.94. The van der Waals surface area contributed by atoms with Crippen molar-refractivity contribution >= 4 is 23.5 Å². The third kappa shape index (κ3) is 4.81. The van der Waals surface area contributed by atoms with Crippen molar-refractivity contribution < 1.29 is 9.59 Å². The van der Waals surface area contributed by atoms with Crippen LogP contribution in [0, 0.1) is 0 Å². The first-order valence-corrected chi connectivity index (χ1v) is 6.66. The lowest BCUT2D eigenvalue weighted by molar-refractivity contribution is 0.0936. The van der Waals surface area contributed by atoms with Crippen LogP contribution in [-0.4, -0.2) is 11.9 Å². The highest BCUT2D eigenvalue weighted by Gasteiger charge is 2.06. The first kappa shape index (κ1) is 14.9. The first-order chi connectivity index (χ1) is 10.1. The Bertz CT molecular complexity index is 615. The molecule has 0 aliphatic carbocycles. The number of urea groups is 1. The molecule has 0 atom stereocenters. The minimum Gasteiger partial charge on any atom is -0.333 e. The van der Waals surface area contributed by atoms with Crippen molar-refractivity contribution in [1.82, 2.24) is 16.2 Å². The lowest BCUT2D eigenvalue weighted by Gasteiger charge is -2.09. The molecule has 2 aromatic carbocycles. The van der Waals surface area contributed by atoms with Crippen molar-refractivity contribution in [3.8, 4) is 0 Å². The molecular weight excluding hydrogens is 290 g/mol.